The van der Waals surface area contributed by atoms with Crippen LogP contribution in [0.3, 0.4) is 0 Å². The number of guanidine groups is 1. The highest BCUT2D eigenvalue weighted by Crippen LogP contribution is 2.34. The predicted octanol–water partition coefficient (Wildman–Crippen LogP) is 4.98. The van der Waals surface area contributed by atoms with Crippen LogP contribution >= 0.6 is 0 Å². The second-order valence-electron chi connectivity index (χ2n) is 7.36. The first-order chi connectivity index (χ1) is 15.7. The molecule has 9 heteroatoms. The first-order valence-corrected chi connectivity index (χ1v) is 10.1. The Labute approximate surface area is 189 Å². The number of hydrogen-bond donors (Lipinski definition) is 1. The second-order valence-corrected chi connectivity index (χ2v) is 7.36. The van der Waals surface area contributed by atoms with Gasteiger partial charge < -0.3 is 15.0 Å². The van der Waals surface area contributed by atoms with Crippen LogP contribution in [0.15, 0.2) is 77.4 Å². The molecular formula is C24H23F4N3O2. The topological polar surface area (TPSA) is 53.9 Å². The van der Waals surface area contributed by atoms with Gasteiger partial charge >= 0.3 is 12.1 Å². The van der Waals surface area contributed by atoms with Gasteiger partial charge in [0.15, 0.2) is 5.96 Å². The van der Waals surface area contributed by atoms with E-state index in [2.05, 4.69) is 16.9 Å². The van der Waals surface area contributed by atoms with Crippen molar-refractivity contribution in [2.75, 3.05) is 13.7 Å². The van der Waals surface area contributed by atoms with Gasteiger partial charge in [-0.25, -0.2) is 14.2 Å². The Hall–Kier alpha value is -3.62. The van der Waals surface area contributed by atoms with Crippen molar-refractivity contribution in [2.24, 2.45) is 4.99 Å². The number of aliphatic imine (C=N–C) groups is 1. The Kier molecular flexibility index (Phi) is 7.20. The molecule has 1 unspecified atom stereocenters. The number of alkyl halides is 3. The van der Waals surface area contributed by atoms with E-state index in [1.807, 2.05) is 0 Å². The number of esters is 1. The summed E-state index contributed by atoms with van der Waals surface area (Å²) in [5.74, 6) is -0.709. The molecule has 3 rings (SSSR count). The maximum atomic E-state index is 13.5. The molecule has 0 aromatic heterocycles. The molecule has 0 aliphatic carbocycles. The van der Waals surface area contributed by atoms with Crippen molar-refractivity contribution in [3.8, 4) is 0 Å². The Bertz CT molecular complexity index is 1090. The lowest BCUT2D eigenvalue weighted by Gasteiger charge is -2.38. The molecule has 0 amide bonds. The lowest BCUT2D eigenvalue weighted by molar-refractivity contribution is -0.138. The molecule has 0 spiro atoms. The van der Waals surface area contributed by atoms with E-state index in [0.29, 0.717) is 22.8 Å². The zero-order chi connectivity index (χ0) is 24.2. The van der Waals surface area contributed by atoms with Crippen LogP contribution in [0.25, 0.3) is 0 Å². The van der Waals surface area contributed by atoms with Crippen molar-refractivity contribution in [2.45, 2.75) is 25.7 Å². The molecular weight excluding hydrogens is 438 g/mol. The van der Waals surface area contributed by atoms with Gasteiger partial charge in [0.05, 0.1) is 37.4 Å². The minimum Gasteiger partial charge on any atom is -0.466 e. The van der Waals surface area contributed by atoms with Crippen LogP contribution in [0.5, 0.6) is 0 Å². The highest BCUT2D eigenvalue weighted by molar-refractivity contribution is 5.96. The second kappa shape index (κ2) is 9.89. The van der Waals surface area contributed by atoms with Crippen LogP contribution in [0.4, 0.5) is 17.6 Å². The number of nitrogens with one attached hydrogen (secondary N) is 1. The van der Waals surface area contributed by atoms with Gasteiger partial charge in [-0.15, -0.1) is 6.58 Å². The fourth-order valence-corrected chi connectivity index (χ4v) is 3.58. The van der Waals surface area contributed by atoms with Gasteiger partial charge in [0, 0.05) is 5.70 Å². The molecule has 174 valence electrons. The molecule has 1 N–H and O–H groups in total. The maximum Gasteiger partial charge on any atom is 0.416 e. The fourth-order valence-electron chi connectivity index (χ4n) is 3.58. The van der Waals surface area contributed by atoms with Crippen molar-refractivity contribution >= 4 is 11.9 Å². The van der Waals surface area contributed by atoms with Crippen LogP contribution in [-0.2, 0) is 22.3 Å². The highest BCUT2D eigenvalue weighted by atomic mass is 19.4. The van der Waals surface area contributed by atoms with Crippen molar-refractivity contribution in [1.29, 1.82) is 0 Å². The third kappa shape index (κ3) is 5.42. The lowest BCUT2D eigenvalue weighted by atomic mass is 9.94. The van der Waals surface area contributed by atoms with Crippen molar-refractivity contribution in [3.05, 3.63) is 95.0 Å². The fraction of sp³-hybridized carbons (Fsp3) is 0.250. The Morgan fingerprint density at radius 1 is 1.24 bits per heavy atom. The van der Waals surface area contributed by atoms with Crippen molar-refractivity contribution in [3.63, 3.8) is 0 Å². The first-order valence-electron chi connectivity index (χ1n) is 10.1. The highest BCUT2D eigenvalue weighted by Gasteiger charge is 2.36. The Balaban J connectivity index is 2.10. The van der Waals surface area contributed by atoms with Crippen LogP contribution in [-0.4, -0.2) is 30.5 Å². The number of nitrogens with zero attached hydrogens (tertiary/aromatic N) is 2. The molecule has 0 fully saturated rings. The molecule has 1 heterocycles. The van der Waals surface area contributed by atoms with E-state index >= 15 is 0 Å². The standard InChI is InChI=1S/C24H23F4N3O2/c1-4-12-29-23-30-21(17-8-10-19(25)11-9-17)20(22(32)33-3)15(2)31(23)14-16-6-5-7-18(13-16)24(26,27)28/h4-11,13,21H,1,12,14H2,2-3H3,(H,29,30). The normalized spacial score (nSPS) is 17.7. The van der Waals surface area contributed by atoms with Crippen molar-refractivity contribution < 1.29 is 27.1 Å². The third-order valence-electron chi connectivity index (χ3n) is 5.19. The Morgan fingerprint density at radius 3 is 2.55 bits per heavy atom. The van der Waals surface area contributed by atoms with E-state index in [4.69, 9.17) is 4.74 Å². The van der Waals surface area contributed by atoms with E-state index in [1.54, 1.807) is 24.0 Å². The minimum absolute atomic E-state index is 0.0232. The number of benzene rings is 2. The van der Waals surface area contributed by atoms with Crippen LogP contribution < -0.4 is 5.32 Å². The molecule has 0 saturated carbocycles. The number of carbonyl (C=O) groups is 1. The molecule has 0 saturated heterocycles. The zero-order valence-electron chi connectivity index (χ0n) is 18.1. The average Bonchev–Trinajstić information content (AvgIpc) is 2.79. The molecule has 2 aromatic rings. The number of carbonyl (C=O) groups excluding carboxylic acids is 1. The van der Waals surface area contributed by atoms with Gasteiger partial charge in [-0.1, -0.05) is 30.3 Å². The molecule has 1 aliphatic heterocycles. The molecule has 1 atom stereocenters. The van der Waals surface area contributed by atoms with Gasteiger partial charge in [-0.05, 0) is 42.3 Å². The van der Waals surface area contributed by atoms with E-state index < -0.39 is 29.6 Å². The number of methoxy groups -OCH3 is 1. The number of allylic oxidation sites excluding steroid dienone is 1. The van der Waals surface area contributed by atoms with E-state index in [-0.39, 0.29) is 18.7 Å². The molecule has 33 heavy (non-hydrogen) atoms. The maximum absolute atomic E-state index is 13.5. The molecule has 0 radical (unpaired) electrons. The number of rotatable bonds is 6. The molecule has 2 aromatic carbocycles. The summed E-state index contributed by atoms with van der Waals surface area (Å²) in [5.41, 5.74) is 0.903. The van der Waals surface area contributed by atoms with Crippen LogP contribution in [0.1, 0.15) is 29.7 Å². The summed E-state index contributed by atoms with van der Waals surface area (Å²) in [6, 6.07) is 9.88. The van der Waals surface area contributed by atoms with Gasteiger partial charge in [0.2, 0.25) is 0 Å². The molecule has 5 nitrogen and oxygen atoms in total. The summed E-state index contributed by atoms with van der Waals surface area (Å²) in [4.78, 5) is 18.8. The summed E-state index contributed by atoms with van der Waals surface area (Å²) in [6.07, 6.45) is -2.91. The van der Waals surface area contributed by atoms with Gasteiger partial charge in [0.1, 0.15) is 5.82 Å². The number of hydrogen-bond acceptors (Lipinski definition) is 3. The minimum atomic E-state index is -4.48. The molecule has 1 aliphatic rings. The van der Waals surface area contributed by atoms with Gasteiger partial charge in [0.25, 0.3) is 0 Å². The smallest absolute Gasteiger partial charge is 0.416 e. The van der Waals surface area contributed by atoms with Gasteiger partial charge in [-0.2, -0.15) is 13.2 Å². The van der Waals surface area contributed by atoms with E-state index in [9.17, 15) is 22.4 Å². The average molecular weight is 461 g/mol. The monoisotopic (exact) mass is 461 g/mol. The van der Waals surface area contributed by atoms with Crippen LogP contribution in [0.2, 0.25) is 0 Å². The largest absolute Gasteiger partial charge is 0.466 e. The van der Waals surface area contributed by atoms with Crippen molar-refractivity contribution in [1.82, 2.24) is 10.2 Å². The number of ether oxygens (including phenoxy) is 1. The first kappa shape index (κ1) is 24.0. The summed E-state index contributed by atoms with van der Waals surface area (Å²) in [7, 11) is 1.24. The zero-order valence-corrected chi connectivity index (χ0v) is 18.1. The number of halogens is 4. The Morgan fingerprint density at radius 2 is 1.94 bits per heavy atom. The summed E-state index contributed by atoms with van der Waals surface area (Å²) in [5, 5.41) is 3.16. The van der Waals surface area contributed by atoms with E-state index in [0.717, 1.165) is 12.1 Å². The van der Waals surface area contributed by atoms with Gasteiger partial charge in [-0.3, -0.25) is 0 Å². The predicted molar refractivity (Wildman–Crippen MR) is 116 cm³/mol. The quantitative estimate of drug-likeness (QED) is 0.375. The lowest BCUT2D eigenvalue weighted by Crippen LogP contribution is -2.48. The third-order valence-corrected chi connectivity index (χ3v) is 5.19. The molecule has 0 bridgehead atoms. The SMILES string of the molecule is C=CCN=C1NC(c2ccc(F)cc2)C(C(=O)OC)=C(C)N1Cc1cccc(C(F)(F)F)c1. The summed E-state index contributed by atoms with van der Waals surface area (Å²) < 4.78 is 58.0. The summed E-state index contributed by atoms with van der Waals surface area (Å²) in [6.45, 7) is 5.57. The summed E-state index contributed by atoms with van der Waals surface area (Å²) >= 11 is 0. The van der Waals surface area contributed by atoms with E-state index in [1.165, 1.54) is 37.4 Å². The van der Waals surface area contributed by atoms with Crippen LogP contribution in [0, 0.1) is 5.82 Å².